The molecule has 2 rings (SSSR count). The number of nitro groups is 1. The zero-order chi connectivity index (χ0) is 14.5. The molecule has 0 bridgehead atoms. The molecule has 0 amide bonds. The van der Waals surface area contributed by atoms with Crippen LogP contribution in [0.1, 0.15) is 11.8 Å². The van der Waals surface area contributed by atoms with Crippen molar-refractivity contribution in [2.75, 3.05) is 11.9 Å². The Kier molecular flexibility index (Phi) is 4.75. The predicted molar refractivity (Wildman–Crippen MR) is 78.7 cm³/mol. The van der Waals surface area contributed by atoms with Crippen molar-refractivity contribution in [3.8, 4) is 5.75 Å². The molecule has 1 aromatic carbocycles. The molecule has 1 N–H and O–H groups in total. The minimum Gasteiger partial charge on any atom is -0.487 e. The lowest BCUT2D eigenvalue weighted by Crippen LogP contribution is -2.01. The molecule has 0 atom stereocenters. The number of rotatable bonds is 6. The van der Waals surface area contributed by atoms with E-state index in [1.165, 1.54) is 17.4 Å². The molecule has 0 spiro atoms. The Morgan fingerprint density at radius 3 is 2.95 bits per heavy atom. The Hall–Kier alpha value is -1.86. The maximum atomic E-state index is 10.9. The summed E-state index contributed by atoms with van der Waals surface area (Å²) in [6.45, 7) is 2.70. The minimum atomic E-state index is -0.461. The number of hydrogen-bond donors (Lipinski definition) is 1. The Labute approximate surface area is 124 Å². The summed E-state index contributed by atoms with van der Waals surface area (Å²) in [5.41, 5.74) is 0.696. The fraction of sp³-hybridized carbons (Fsp3) is 0.250. The molecule has 1 heterocycles. The molecule has 0 unspecified atom stereocenters. The van der Waals surface area contributed by atoms with Gasteiger partial charge < -0.3 is 10.1 Å². The van der Waals surface area contributed by atoms with E-state index in [0.717, 1.165) is 10.6 Å². The third-order valence-electron chi connectivity index (χ3n) is 2.45. The summed E-state index contributed by atoms with van der Waals surface area (Å²) in [6.07, 6.45) is 1.69. The van der Waals surface area contributed by atoms with Crippen LogP contribution in [0.15, 0.2) is 24.4 Å². The van der Waals surface area contributed by atoms with Crippen molar-refractivity contribution < 1.29 is 9.66 Å². The maximum absolute atomic E-state index is 10.9. The van der Waals surface area contributed by atoms with Gasteiger partial charge in [-0.15, -0.1) is 11.3 Å². The molecule has 0 saturated carbocycles. The SMILES string of the molecule is CCOc1cc(NCc2cnc(Cl)s2)ccc1[N+](=O)[O-]. The van der Waals surface area contributed by atoms with Crippen LogP contribution in [0.25, 0.3) is 0 Å². The van der Waals surface area contributed by atoms with E-state index in [1.807, 2.05) is 0 Å². The van der Waals surface area contributed by atoms with Crippen molar-refractivity contribution >= 4 is 34.3 Å². The molecule has 0 aliphatic rings. The van der Waals surface area contributed by atoms with Crippen molar-refractivity contribution in [2.45, 2.75) is 13.5 Å². The highest BCUT2D eigenvalue weighted by Crippen LogP contribution is 2.30. The Bertz CT molecular complexity index is 618. The first-order valence-electron chi connectivity index (χ1n) is 5.85. The summed E-state index contributed by atoms with van der Waals surface area (Å²) >= 11 is 7.13. The Morgan fingerprint density at radius 1 is 1.55 bits per heavy atom. The second-order valence-corrected chi connectivity index (χ2v) is 5.50. The van der Waals surface area contributed by atoms with E-state index in [4.69, 9.17) is 16.3 Å². The summed E-state index contributed by atoms with van der Waals surface area (Å²) in [7, 11) is 0. The van der Waals surface area contributed by atoms with Gasteiger partial charge in [0.05, 0.1) is 18.1 Å². The third-order valence-corrected chi connectivity index (χ3v) is 3.56. The van der Waals surface area contributed by atoms with Crippen LogP contribution in [0.4, 0.5) is 11.4 Å². The van der Waals surface area contributed by atoms with Crippen LogP contribution in [0, 0.1) is 10.1 Å². The molecule has 2 aromatic rings. The average molecular weight is 314 g/mol. The quantitative estimate of drug-likeness (QED) is 0.649. The zero-order valence-corrected chi connectivity index (χ0v) is 12.2. The van der Waals surface area contributed by atoms with Crippen LogP contribution >= 0.6 is 22.9 Å². The van der Waals surface area contributed by atoms with Crippen LogP contribution in [0.5, 0.6) is 5.75 Å². The first-order chi connectivity index (χ1) is 9.60. The molecular formula is C12H12ClN3O3S. The smallest absolute Gasteiger partial charge is 0.311 e. The van der Waals surface area contributed by atoms with Crippen LogP contribution in [0.2, 0.25) is 4.47 Å². The van der Waals surface area contributed by atoms with Gasteiger partial charge in [0.2, 0.25) is 0 Å². The monoisotopic (exact) mass is 313 g/mol. The molecule has 1 aromatic heterocycles. The lowest BCUT2D eigenvalue weighted by atomic mass is 10.2. The summed E-state index contributed by atoms with van der Waals surface area (Å²) in [5, 5.41) is 14.0. The van der Waals surface area contributed by atoms with Gasteiger partial charge in [0.15, 0.2) is 10.2 Å². The number of benzene rings is 1. The number of nitrogens with zero attached hydrogens (tertiary/aromatic N) is 2. The van der Waals surface area contributed by atoms with Crippen molar-refractivity contribution in [1.29, 1.82) is 0 Å². The van der Waals surface area contributed by atoms with E-state index in [-0.39, 0.29) is 11.4 Å². The number of anilines is 1. The fourth-order valence-corrected chi connectivity index (χ4v) is 2.52. The van der Waals surface area contributed by atoms with E-state index in [0.29, 0.717) is 17.6 Å². The molecule has 0 radical (unpaired) electrons. The van der Waals surface area contributed by atoms with Crippen LogP contribution in [0.3, 0.4) is 0 Å². The minimum absolute atomic E-state index is 0.0433. The number of thiazole rings is 1. The van der Waals surface area contributed by atoms with Gasteiger partial charge in [0.25, 0.3) is 0 Å². The molecule has 0 saturated heterocycles. The van der Waals surface area contributed by atoms with E-state index < -0.39 is 4.92 Å². The lowest BCUT2D eigenvalue weighted by molar-refractivity contribution is -0.385. The molecule has 20 heavy (non-hydrogen) atoms. The van der Waals surface area contributed by atoms with Crippen molar-refractivity contribution in [1.82, 2.24) is 4.98 Å². The number of hydrogen-bond acceptors (Lipinski definition) is 6. The number of halogens is 1. The maximum Gasteiger partial charge on any atom is 0.311 e. The largest absolute Gasteiger partial charge is 0.487 e. The highest BCUT2D eigenvalue weighted by atomic mass is 35.5. The van der Waals surface area contributed by atoms with Gasteiger partial charge >= 0.3 is 5.69 Å². The van der Waals surface area contributed by atoms with Crippen LogP contribution < -0.4 is 10.1 Å². The van der Waals surface area contributed by atoms with Gasteiger partial charge in [-0.1, -0.05) is 11.6 Å². The summed E-state index contributed by atoms with van der Waals surface area (Å²) < 4.78 is 5.77. The van der Waals surface area contributed by atoms with Crippen LogP contribution in [-0.4, -0.2) is 16.5 Å². The first kappa shape index (κ1) is 14.5. The Morgan fingerprint density at radius 2 is 2.35 bits per heavy atom. The normalized spacial score (nSPS) is 10.3. The molecule has 0 fully saturated rings. The highest BCUT2D eigenvalue weighted by Gasteiger charge is 2.15. The average Bonchev–Trinajstić information content (AvgIpc) is 2.82. The number of aromatic nitrogens is 1. The van der Waals surface area contributed by atoms with E-state index in [9.17, 15) is 10.1 Å². The molecule has 6 nitrogen and oxygen atoms in total. The van der Waals surface area contributed by atoms with Gasteiger partial charge in [-0.05, 0) is 13.0 Å². The van der Waals surface area contributed by atoms with Crippen molar-refractivity contribution in [2.24, 2.45) is 0 Å². The lowest BCUT2D eigenvalue weighted by Gasteiger charge is -2.08. The van der Waals surface area contributed by atoms with Gasteiger partial charge in [0, 0.05) is 28.9 Å². The molecule has 0 aliphatic heterocycles. The number of nitro benzene ring substituents is 1. The van der Waals surface area contributed by atoms with Gasteiger partial charge in [-0.3, -0.25) is 10.1 Å². The van der Waals surface area contributed by atoms with Gasteiger partial charge in [-0.2, -0.15) is 0 Å². The second-order valence-electron chi connectivity index (χ2n) is 3.81. The van der Waals surface area contributed by atoms with E-state index >= 15 is 0 Å². The van der Waals surface area contributed by atoms with Gasteiger partial charge in [0.1, 0.15) is 0 Å². The second kappa shape index (κ2) is 6.53. The Balaban J connectivity index is 2.12. The van der Waals surface area contributed by atoms with Crippen molar-refractivity contribution in [3.05, 3.63) is 43.9 Å². The van der Waals surface area contributed by atoms with Gasteiger partial charge in [-0.25, -0.2) is 4.98 Å². The van der Waals surface area contributed by atoms with Crippen LogP contribution in [-0.2, 0) is 6.54 Å². The summed E-state index contributed by atoms with van der Waals surface area (Å²) in [6, 6.07) is 4.68. The molecular weight excluding hydrogens is 302 g/mol. The first-order valence-corrected chi connectivity index (χ1v) is 7.05. The predicted octanol–water partition coefficient (Wildman–Crippen LogP) is 3.72. The number of ether oxygens (including phenoxy) is 1. The topological polar surface area (TPSA) is 77.3 Å². The molecule has 0 aliphatic carbocycles. The van der Waals surface area contributed by atoms with Crippen molar-refractivity contribution in [3.63, 3.8) is 0 Å². The number of nitrogens with one attached hydrogen (secondary N) is 1. The van der Waals surface area contributed by atoms with E-state index in [2.05, 4.69) is 10.3 Å². The van der Waals surface area contributed by atoms with E-state index in [1.54, 1.807) is 25.3 Å². The summed E-state index contributed by atoms with van der Waals surface area (Å²) in [4.78, 5) is 15.3. The highest BCUT2D eigenvalue weighted by molar-refractivity contribution is 7.15. The molecule has 106 valence electrons. The molecule has 8 heteroatoms. The standard InChI is InChI=1S/C12H12ClN3O3S/c1-2-19-11-5-8(3-4-10(11)16(17)18)14-6-9-7-15-12(13)20-9/h3-5,7,14H,2,6H2,1H3. The zero-order valence-electron chi connectivity index (χ0n) is 10.6. The summed E-state index contributed by atoms with van der Waals surface area (Å²) in [5.74, 6) is 0.254. The third kappa shape index (κ3) is 3.58. The fourth-order valence-electron chi connectivity index (χ4n) is 1.60.